The van der Waals surface area contributed by atoms with Gasteiger partial charge in [-0.3, -0.25) is 4.79 Å². The minimum Gasteiger partial charge on any atom is -0.342 e. The Hall–Kier alpha value is -3.22. The lowest BCUT2D eigenvalue weighted by molar-refractivity contribution is -0.131. The molecule has 0 unspecified atom stereocenters. The molecule has 0 aliphatic carbocycles. The van der Waals surface area contributed by atoms with Gasteiger partial charge in [-0.15, -0.1) is 0 Å². The molecule has 3 aromatic rings. The van der Waals surface area contributed by atoms with Gasteiger partial charge >= 0.3 is 5.69 Å². The Kier molecular flexibility index (Phi) is 4.82. The second-order valence-corrected chi connectivity index (χ2v) is 6.73. The van der Waals surface area contributed by atoms with E-state index >= 15 is 0 Å². The molecule has 4 rings (SSSR count). The Morgan fingerprint density at radius 2 is 1.56 bits per heavy atom. The molecule has 1 amide bonds. The highest BCUT2D eigenvalue weighted by molar-refractivity contribution is 5.78. The van der Waals surface area contributed by atoms with Crippen LogP contribution in [-0.4, -0.2) is 43.7 Å². The summed E-state index contributed by atoms with van der Waals surface area (Å²) in [6.45, 7) is 1.25. The Balaban J connectivity index is 1.40. The molecule has 0 radical (unpaired) electrons. The molecular formula is C20H21N5O2. The smallest absolute Gasteiger partial charge is 0.342 e. The molecular weight excluding hydrogens is 342 g/mol. The van der Waals surface area contributed by atoms with Crippen LogP contribution in [0.25, 0.3) is 5.69 Å². The van der Waals surface area contributed by atoms with Crippen molar-refractivity contribution in [2.24, 2.45) is 0 Å². The lowest BCUT2D eigenvalue weighted by Gasteiger charge is -2.31. The number of rotatable bonds is 4. The van der Waals surface area contributed by atoms with Crippen molar-refractivity contribution in [1.29, 1.82) is 0 Å². The minimum absolute atomic E-state index is 0.0317. The molecule has 138 valence electrons. The molecule has 7 heteroatoms. The normalized spacial score (nSPS) is 15.0. The summed E-state index contributed by atoms with van der Waals surface area (Å²) >= 11 is 0. The van der Waals surface area contributed by atoms with Gasteiger partial charge < -0.3 is 4.90 Å². The number of carbonyl (C=O) groups is 1. The second kappa shape index (κ2) is 7.57. The van der Waals surface area contributed by atoms with Crippen LogP contribution < -0.4 is 5.69 Å². The molecule has 0 N–H and O–H groups in total. The van der Waals surface area contributed by atoms with Crippen LogP contribution in [0.3, 0.4) is 0 Å². The average molecular weight is 363 g/mol. The number of hydrogen-bond acceptors (Lipinski definition) is 4. The molecule has 2 heterocycles. The first-order chi connectivity index (χ1) is 13.2. The largest absolute Gasteiger partial charge is 0.368 e. The number of tetrazole rings is 1. The van der Waals surface area contributed by atoms with Crippen LogP contribution in [0.1, 0.15) is 24.4 Å². The van der Waals surface area contributed by atoms with E-state index < -0.39 is 0 Å². The first kappa shape index (κ1) is 17.2. The third-order valence-corrected chi connectivity index (χ3v) is 4.96. The number of likely N-dealkylation sites (tertiary alicyclic amines) is 1. The highest BCUT2D eigenvalue weighted by Gasteiger charge is 2.26. The lowest BCUT2D eigenvalue weighted by Crippen LogP contribution is -2.41. The number of benzene rings is 2. The summed E-state index contributed by atoms with van der Waals surface area (Å²) in [5, 5.41) is 8.07. The number of aromatic nitrogens is 4. The van der Waals surface area contributed by atoms with Crippen LogP contribution in [0.5, 0.6) is 0 Å². The summed E-state index contributed by atoms with van der Waals surface area (Å²) in [7, 11) is 0. The van der Waals surface area contributed by atoms with Crippen LogP contribution in [-0.2, 0) is 11.2 Å². The van der Waals surface area contributed by atoms with Crippen LogP contribution in [0.2, 0.25) is 0 Å². The van der Waals surface area contributed by atoms with E-state index in [2.05, 4.69) is 10.4 Å². The Bertz CT molecular complexity index is 957. The van der Waals surface area contributed by atoms with Crippen molar-refractivity contribution in [3.8, 4) is 5.69 Å². The van der Waals surface area contributed by atoms with Gasteiger partial charge in [0.15, 0.2) is 0 Å². The molecule has 1 aromatic heterocycles. The highest BCUT2D eigenvalue weighted by Crippen LogP contribution is 2.21. The Morgan fingerprint density at radius 1 is 0.926 bits per heavy atom. The topological polar surface area (TPSA) is 73.0 Å². The first-order valence-corrected chi connectivity index (χ1v) is 9.14. The third-order valence-electron chi connectivity index (χ3n) is 4.96. The van der Waals surface area contributed by atoms with E-state index in [4.69, 9.17) is 0 Å². The molecule has 1 fully saturated rings. The number of nitrogens with zero attached hydrogens (tertiary/aromatic N) is 5. The molecule has 1 saturated heterocycles. The number of para-hydroxylation sites is 1. The van der Waals surface area contributed by atoms with Gasteiger partial charge in [-0.05, 0) is 41.0 Å². The SMILES string of the molecule is O=C(Cc1ccccc1)N1CCC(n2nnn(-c3ccccc3)c2=O)CC1. The zero-order valence-electron chi connectivity index (χ0n) is 14.9. The van der Waals surface area contributed by atoms with E-state index in [9.17, 15) is 9.59 Å². The summed E-state index contributed by atoms with van der Waals surface area (Å²) in [6.07, 6.45) is 1.82. The number of piperidine rings is 1. The third kappa shape index (κ3) is 3.67. The summed E-state index contributed by atoms with van der Waals surface area (Å²) in [6, 6.07) is 19.0. The monoisotopic (exact) mass is 363 g/mol. The van der Waals surface area contributed by atoms with E-state index in [1.165, 1.54) is 9.36 Å². The van der Waals surface area contributed by atoms with Crippen molar-refractivity contribution in [2.75, 3.05) is 13.1 Å². The molecule has 0 saturated carbocycles. The summed E-state index contributed by atoms with van der Waals surface area (Å²) in [5.41, 5.74) is 1.48. The fourth-order valence-corrected chi connectivity index (χ4v) is 3.46. The van der Waals surface area contributed by atoms with E-state index in [0.29, 0.717) is 38.0 Å². The van der Waals surface area contributed by atoms with E-state index in [1.54, 1.807) is 0 Å². The van der Waals surface area contributed by atoms with Crippen molar-refractivity contribution in [1.82, 2.24) is 24.7 Å². The predicted molar refractivity (Wildman–Crippen MR) is 101 cm³/mol. The van der Waals surface area contributed by atoms with Gasteiger partial charge in [0, 0.05) is 13.1 Å². The quantitative estimate of drug-likeness (QED) is 0.709. The van der Waals surface area contributed by atoms with Gasteiger partial charge in [0.2, 0.25) is 5.91 Å². The maximum atomic E-state index is 12.6. The predicted octanol–water partition coefficient (Wildman–Crippen LogP) is 1.84. The minimum atomic E-state index is -0.240. The van der Waals surface area contributed by atoms with E-state index in [0.717, 1.165) is 5.56 Å². The van der Waals surface area contributed by atoms with Gasteiger partial charge in [-0.25, -0.2) is 4.79 Å². The van der Waals surface area contributed by atoms with Crippen LogP contribution in [0.4, 0.5) is 0 Å². The van der Waals surface area contributed by atoms with Gasteiger partial charge in [-0.1, -0.05) is 48.5 Å². The van der Waals surface area contributed by atoms with Gasteiger partial charge in [0.05, 0.1) is 18.2 Å². The Morgan fingerprint density at radius 3 is 2.22 bits per heavy atom. The second-order valence-electron chi connectivity index (χ2n) is 6.73. The molecule has 2 aromatic carbocycles. The fraction of sp³-hybridized carbons (Fsp3) is 0.300. The molecule has 0 bridgehead atoms. The van der Waals surface area contributed by atoms with Crippen LogP contribution in [0, 0.1) is 0 Å². The van der Waals surface area contributed by atoms with Gasteiger partial charge in [0.25, 0.3) is 0 Å². The number of amides is 1. The maximum Gasteiger partial charge on any atom is 0.368 e. The van der Waals surface area contributed by atoms with Gasteiger partial charge in [0.1, 0.15) is 0 Å². The summed E-state index contributed by atoms with van der Waals surface area (Å²) in [5.74, 6) is 0.125. The molecule has 0 spiro atoms. The molecule has 0 atom stereocenters. The summed E-state index contributed by atoms with van der Waals surface area (Å²) < 4.78 is 2.76. The molecule has 27 heavy (non-hydrogen) atoms. The van der Waals surface area contributed by atoms with Crippen molar-refractivity contribution in [3.05, 3.63) is 76.7 Å². The zero-order chi connectivity index (χ0) is 18.6. The van der Waals surface area contributed by atoms with Crippen molar-refractivity contribution >= 4 is 5.91 Å². The average Bonchev–Trinajstić information content (AvgIpc) is 3.11. The standard InChI is InChI=1S/C20H21N5O2/c26-19(15-16-7-3-1-4-8-16)23-13-11-18(12-14-23)25-20(27)24(21-22-25)17-9-5-2-6-10-17/h1-10,18H,11-15H2. The molecule has 1 aliphatic rings. The number of carbonyl (C=O) groups excluding carboxylic acids is 1. The van der Waals surface area contributed by atoms with Crippen molar-refractivity contribution in [2.45, 2.75) is 25.3 Å². The Labute approximate surface area is 156 Å². The number of hydrogen-bond donors (Lipinski definition) is 0. The first-order valence-electron chi connectivity index (χ1n) is 9.14. The maximum absolute atomic E-state index is 12.6. The van der Waals surface area contributed by atoms with E-state index in [1.807, 2.05) is 65.6 Å². The lowest BCUT2D eigenvalue weighted by atomic mass is 10.0. The van der Waals surface area contributed by atoms with Crippen molar-refractivity contribution < 1.29 is 4.79 Å². The molecule has 1 aliphatic heterocycles. The van der Waals surface area contributed by atoms with Crippen molar-refractivity contribution in [3.63, 3.8) is 0 Å². The van der Waals surface area contributed by atoms with E-state index in [-0.39, 0.29) is 17.6 Å². The van der Waals surface area contributed by atoms with Crippen LogP contribution >= 0.6 is 0 Å². The zero-order valence-corrected chi connectivity index (χ0v) is 14.9. The molecule has 7 nitrogen and oxygen atoms in total. The van der Waals surface area contributed by atoms with Gasteiger partial charge in [-0.2, -0.15) is 9.36 Å². The fourth-order valence-electron chi connectivity index (χ4n) is 3.46. The highest BCUT2D eigenvalue weighted by atomic mass is 16.2. The van der Waals surface area contributed by atoms with Crippen LogP contribution in [0.15, 0.2) is 65.5 Å². The summed E-state index contributed by atoms with van der Waals surface area (Å²) in [4.78, 5) is 27.0.